The first-order valence-electron chi connectivity index (χ1n) is 8.13. The van der Waals surface area contributed by atoms with E-state index in [2.05, 4.69) is 5.32 Å². The fraction of sp³-hybridized carbons (Fsp3) is 0.471. The van der Waals surface area contributed by atoms with Crippen LogP contribution in [0.15, 0.2) is 28.4 Å². The number of hydrogen-bond acceptors (Lipinski definition) is 5. The van der Waals surface area contributed by atoms with Crippen LogP contribution in [0.4, 0.5) is 0 Å². The molecule has 0 radical (unpaired) electrons. The minimum Gasteiger partial charge on any atom is -0.472 e. The fourth-order valence-corrected chi connectivity index (χ4v) is 3.91. The number of hydrogen-bond donors (Lipinski definition) is 1. The summed E-state index contributed by atoms with van der Waals surface area (Å²) in [7, 11) is 0. The number of nitrogens with zero attached hydrogens (tertiary/aromatic N) is 2. The van der Waals surface area contributed by atoms with Gasteiger partial charge in [0.25, 0.3) is 5.91 Å². The lowest BCUT2D eigenvalue weighted by Crippen LogP contribution is -2.38. The zero-order chi connectivity index (χ0) is 16.9. The van der Waals surface area contributed by atoms with Gasteiger partial charge in [-0.15, -0.1) is 11.3 Å². The Morgan fingerprint density at radius 3 is 3.12 bits per heavy atom. The number of rotatable bonds is 5. The molecule has 128 valence electrons. The summed E-state index contributed by atoms with van der Waals surface area (Å²) >= 11 is 1.65. The van der Waals surface area contributed by atoms with Crippen LogP contribution in [0.2, 0.25) is 0 Å². The summed E-state index contributed by atoms with van der Waals surface area (Å²) < 4.78 is 5.01. The Balaban J connectivity index is 1.59. The summed E-state index contributed by atoms with van der Waals surface area (Å²) in [5, 5.41) is 5.91. The predicted molar refractivity (Wildman–Crippen MR) is 91.1 cm³/mol. The first-order valence-corrected chi connectivity index (χ1v) is 9.01. The van der Waals surface area contributed by atoms with Gasteiger partial charge in [0, 0.05) is 44.3 Å². The normalized spacial score (nSPS) is 17.7. The van der Waals surface area contributed by atoms with Crippen molar-refractivity contribution < 1.29 is 14.0 Å². The van der Waals surface area contributed by atoms with E-state index in [1.807, 2.05) is 10.3 Å². The molecule has 0 saturated carbocycles. The van der Waals surface area contributed by atoms with Crippen molar-refractivity contribution in [3.8, 4) is 0 Å². The van der Waals surface area contributed by atoms with E-state index in [9.17, 15) is 9.59 Å². The maximum absolute atomic E-state index is 12.5. The number of amides is 2. The van der Waals surface area contributed by atoms with E-state index in [-0.39, 0.29) is 17.7 Å². The van der Waals surface area contributed by atoms with Gasteiger partial charge in [-0.05, 0) is 18.9 Å². The minimum absolute atomic E-state index is 0.0221. The van der Waals surface area contributed by atoms with E-state index >= 15 is 0 Å². The second-order valence-electron chi connectivity index (χ2n) is 6.01. The minimum atomic E-state index is -0.0221. The molecule has 1 aliphatic rings. The Morgan fingerprint density at radius 1 is 1.50 bits per heavy atom. The number of carbonyl (C=O) groups is 2. The van der Waals surface area contributed by atoms with Gasteiger partial charge in [0.15, 0.2) is 0 Å². The summed E-state index contributed by atoms with van der Waals surface area (Å²) in [5.74, 6) is 0.288. The van der Waals surface area contributed by atoms with Gasteiger partial charge in [-0.3, -0.25) is 9.59 Å². The highest BCUT2D eigenvalue weighted by atomic mass is 32.1. The van der Waals surface area contributed by atoms with Crippen LogP contribution in [0.5, 0.6) is 0 Å². The van der Waals surface area contributed by atoms with Crippen LogP contribution in [0, 0.1) is 0 Å². The number of thiazole rings is 1. The molecule has 1 atom stereocenters. The molecule has 2 aromatic rings. The molecule has 1 aliphatic heterocycles. The highest BCUT2D eigenvalue weighted by Crippen LogP contribution is 2.30. The van der Waals surface area contributed by atoms with E-state index in [1.54, 1.807) is 17.4 Å². The summed E-state index contributed by atoms with van der Waals surface area (Å²) in [4.78, 5) is 30.0. The number of likely N-dealkylation sites (tertiary alicyclic amines) is 1. The van der Waals surface area contributed by atoms with E-state index in [1.165, 1.54) is 19.5 Å². The average molecular weight is 347 g/mol. The molecule has 1 N–H and O–H groups in total. The Kier molecular flexibility index (Phi) is 5.30. The first-order chi connectivity index (χ1) is 11.6. The third-order valence-corrected chi connectivity index (χ3v) is 5.21. The number of nitrogens with one attached hydrogen (secondary N) is 1. The van der Waals surface area contributed by atoms with Crippen molar-refractivity contribution in [1.29, 1.82) is 0 Å². The van der Waals surface area contributed by atoms with Crippen molar-refractivity contribution in [1.82, 2.24) is 15.2 Å². The van der Waals surface area contributed by atoms with Crippen molar-refractivity contribution in [2.75, 3.05) is 19.6 Å². The lowest BCUT2D eigenvalue weighted by Gasteiger charge is -2.31. The van der Waals surface area contributed by atoms with Crippen molar-refractivity contribution in [3.63, 3.8) is 0 Å². The van der Waals surface area contributed by atoms with Crippen LogP contribution in [-0.2, 0) is 11.2 Å². The van der Waals surface area contributed by atoms with Crippen LogP contribution < -0.4 is 5.32 Å². The van der Waals surface area contributed by atoms with Crippen molar-refractivity contribution in [2.45, 2.75) is 32.1 Å². The highest BCUT2D eigenvalue weighted by Gasteiger charge is 2.27. The molecule has 1 fully saturated rings. The maximum atomic E-state index is 12.5. The molecule has 2 amide bonds. The van der Waals surface area contributed by atoms with Gasteiger partial charge in [0.05, 0.1) is 22.5 Å². The topological polar surface area (TPSA) is 75.4 Å². The molecular weight excluding hydrogens is 326 g/mol. The Bertz CT molecular complexity index is 696. The van der Waals surface area contributed by atoms with Crippen molar-refractivity contribution >= 4 is 23.2 Å². The number of piperidine rings is 1. The standard InChI is InChI=1S/C17H21N3O3S/c1-12(21)18-6-4-15-11-24-16(19-15)13-3-2-7-20(9-13)17(22)14-5-8-23-10-14/h5,8,10-11,13H,2-4,6-7,9H2,1H3,(H,18,21). The van der Waals surface area contributed by atoms with Crippen LogP contribution in [0.25, 0.3) is 0 Å². The van der Waals surface area contributed by atoms with E-state index in [0.717, 1.165) is 36.5 Å². The van der Waals surface area contributed by atoms with E-state index in [0.29, 0.717) is 18.7 Å². The third kappa shape index (κ3) is 4.03. The largest absolute Gasteiger partial charge is 0.472 e. The van der Waals surface area contributed by atoms with Crippen LogP contribution in [0.1, 0.15) is 46.7 Å². The number of aromatic nitrogens is 1. The Morgan fingerprint density at radius 2 is 2.38 bits per heavy atom. The van der Waals surface area contributed by atoms with E-state index < -0.39 is 0 Å². The molecule has 0 spiro atoms. The molecule has 7 heteroatoms. The average Bonchev–Trinajstić information content (AvgIpc) is 3.26. The predicted octanol–water partition coefficient (Wildman–Crippen LogP) is 2.43. The first kappa shape index (κ1) is 16.7. The third-order valence-electron chi connectivity index (χ3n) is 4.15. The summed E-state index contributed by atoms with van der Waals surface area (Å²) in [6.07, 6.45) is 5.79. The van der Waals surface area contributed by atoms with Gasteiger partial charge >= 0.3 is 0 Å². The molecule has 6 nitrogen and oxygen atoms in total. The second kappa shape index (κ2) is 7.61. The van der Waals surface area contributed by atoms with Crippen molar-refractivity contribution in [2.24, 2.45) is 0 Å². The zero-order valence-corrected chi connectivity index (χ0v) is 14.5. The maximum Gasteiger partial charge on any atom is 0.257 e. The van der Waals surface area contributed by atoms with Gasteiger partial charge in [-0.1, -0.05) is 0 Å². The van der Waals surface area contributed by atoms with Crippen LogP contribution >= 0.6 is 11.3 Å². The van der Waals surface area contributed by atoms with Gasteiger partial charge in [-0.2, -0.15) is 0 Å². The van der Waals surface area contributed by atoms with Gasteiger partial charge in [-0.25, -0.2) is 4.98 Å². The molecular formula is C17H21N3O3S. The molecule has 0 aliphatic carbocycles. The summed E-state index contributed by atoms with van der Waals surface area (Å²) in [6.45, 7) is 3.60. The van der Waals surface area contributed by atoms with Gasteiger partial charge in [0.2, 0.25) is 5.91 Å². The number of carbonyl (C=O) groups excluding carboxylic acids is 2. The second-order valence-corrected chi connectivity index (χ2v) is 6.90. The molecule has 2 aromatic heterocycles. The highest BCUT2D eigenvalue weighted by molar-refractivity contribution is 7.09. The van der Waals surface area contributed by atoms with E-state index in [4.69, 9.17) is 9.40 Å². The zero-order valence-electron chi connectivity index (χ0n) is 13.7. The van der Waals surface area contributed by atoms with Crippen molar-refractivity contribution in [3.05, 3.63) is 40.2 Å². The number of furan rings is 1. The lowest BCUT2D eigenvalue weighted by molar-refractivity contribution is -0.118. The summed E-state index contributed by atoms with van der Waals surface area (Å²) in [6, 6.07) is 1.70. The molecule has 1 unspecified atom stereocenters. The van der Waals surface area contributed by atoms with Gasteiger partial charge in [0.1, 0.15) is 6.26 Å². The Hall–Kier alpha value is -2.15. The molecule has 3 heterocycles. The van der Waals surface area contributed by atoms with Crippen LogP contribution in [0.3, 0.4) is 0 Å². The quantitative estimate of drug-likeness (QED) is 0.901. The van der Waals surface area contributed by atoms with Gasteiger partial charge < -0.3 is 14.6 Å². The molecule has 0 aromatic carbocycles. The lowest BCUT2D eigenvalue weighted by atomic mass is 9.98. The molecule has 3 rings (SSSR count). The van der Waals surface area contributed by atoms with Crippen LogP contribution in [-0.4, -0.2) is 41.3 Å². The Labute approximate surface area is 144 Å². The SMILES string of the molecule is CC(=O)NCCc1csc(C2CCCN(C(=O)c3ccoc3)C2)n1. The monoisotopic (exact) mass is 347 g/mol. The molecule has 24 heavy (non-hydrogen) atoms. The molecule has 0 bridgehead atoms. The smallest absolute Gasteiger partial charge is 0.257 e. The molecule has 1 saturated heterocycles. The fourth-order valence-electron chi connectivity index (χ4n) is 2.92. The summed E-state index contributed by atoms with van der Waals surface area (Å²) in [5.41, 5.74) is 1.60.